The Morgan fingerprint density at radius 1 is 1.21 bits per heavy atom. The molecule has 28 heavy (non-hydrogen) atoms. The van der Waals surface area contributed by atoms with Gasteiger partial charge in [0.05, 0.1) is 26.4 Å². The highest BCUT2D eigenvalue weighted by molar-refractivity contribution is 5.79. The van der Waals surface area contributed by atoms with Crippen LogP contribution in [0.2, 0.25) is 0 Å². The zero-order chi connectivity index (χ0) is 19.8. The van der Waals surface area contributed by atoms with Crippen LogP contribution in [0.3, 0.4) is 0 Å². The molecule has 1 aromatic rings. The van der Waals surface area contributed by atoms with Crippen LogP contribution in [0.25, 0.3) is 0 Å². The molecule has 2 atom stereocenters. The van der Waals surface area contributed by atoms with E-state index in [9.17, 15) is 0 Å². The number of aliphatic imine (C=N–C) groups is 1. The van der Waals surface area contributed by atoms with Gasteiger partial charge in [-0.3, -0.25) is 9.89 Å². The van der Waals surface area contributed by atoms with Crippen molar-refractivity contribution in [1.29, 1.82) is 0 Å². The van der Waals surface area contributed by atoms with Gasteiger partial charge in [0.2, 0.25) is 0 Å². The molecule has 3 rings (SSSR count). The number of nitrogens with one attached hydrogen (secondary N) is 2. The Kier molecular flexibility index (Phi) is 7.94. The highest BCUT2D eigenvalue weighted by atomic mass is 16.5. The number of rotatable bonds is 7. The third kappa shape index (κ3) is 5.83. The summed E-state index contributed by atoms with van der Waals surface area (Å²) in [5, 5.41) is 7.05. The Balaban J connectivity index is 1.59. The monoisotopic (exact) mass is 389 g/mol. The smallest absolute Gasteiger partial charge is 0.191 e. The first-order valence-corrected chi connectivity index (χ1v) is 10.3. The van der Waals surface area contributed by atoms with Crippen molar-refractivity contribution >= 4 is 5.96 Å². The Bertz CT molecular complexity index is 616. The number of nitrogens with zero attached hydrogens (tertiary/aromatic N) is 3. The second-order valence-electron chi connectivity index (χ2n) is 7.69. The summed E-state index contributed by atoms with van der Waals surface area (Å²) >= 11 is 0. The fourth-order valence-electron chi connectivity index (χ4n) is 4.02. The molecule has 2 fully saturated rings. The standard InChI is InChI=1S/C21H35N5O2/c1-22-21(23-14-17-8-9-25(2)16-17)24-15-20(26-10-12-28-13-11-26)18-4-6-19(27-3)7-5-18/h4-7,17,20H,8-16H2,1-3H3,(H2,22,23,24). The summed E-state index contributed by atoms with van der Waals surface area (Å²) in [6, 6.07) is 8.65. The van der Waals surface area contributed by atoms with E-state index in [1.165, 1.54) is 18.5 Å². The Labute approximate surface area is 169 Å². The first-order chi connectivity index (χ1) is 13.7. The van der Waals surface area contributed by atoms with Crippen molar-refractivity contribution in [2.24, 2.45) is 10.9 Å². The molecule has 0 radical (unpaired) electrons. The van der Waals surface area contributed by atoms with Crippen LogP contribution in [0.15, 0.2) is 29.3 Å². The molecular weight excluding hydrogens is 354 g/mol. The van der Waals surface area contributed by atoms with Crippen LogP contribution in [-0.4, -0.2) is 89.4 Å². The number of likely N-dealkylation sites (tertiary alicyclic amines) is 1. The van der Waals surface area contributed by atoms with Gasteiger partial charge in [0.25, 0.3) is 0 Å². The molecule has 0 spiro atoms. The first kappa shape index (κ1) is 20.9. The summed E-state index contributed by atoms with van der Waals surface area (Å²) in [7, 11) is 5.73. The van der Waals surface area contributed by atoms with Gasteiger partial charge in [-0.25, -0.2) is 0 Å². The van der Waals surface area contributed by atoms with Crippen LogP contribution in [0.4, 0.5) is 0 Å². The van der Waals surface area contributed by atoms with E-state index in [2.05, 4.69) is 44.6 Å². The molecule has 0 bridgehead atoms. The zero-order valence-corrected chi connectivity index (χ0v) is 17.5. The van der Waals surface area contributed by atoms with Crippen LogP contribution < -0.4 is 15.4 Å². The molecule has 0 saturated carbocycles. The Morgan fingerprint density at radius 2 is 1.96 bits per heavy atom. The third-order valence-corrected chi connectivity index (χ3v) is 5.72. The largest absolute Gasteiger partial charge is 0.497 e. The molecular formula is C21H35N5O2. The van der Waals surface area contributed by atoms with E-state index in [-0.39, 0.29) is 6.04 Å². The van der Waals surface area contributed by atoms with E-state index in [1.54, 1.807) is 7.11 Å². The fraction of sp³-hybridized carbons (Fsp3) is 0.667. The first-order valence-electron chi connectivity index (χ1n) is 10.3. The van der Waals surface area contributed by atoms with Crippen molar-refractivity contribution in [2.75, 3.05) is 73.7 Å². The lowest BCUT2D eigenvalue weighted by atomic mass is 10.0. The molecule has 2 saturated heterocycles. The van der Waals surface area contributed by atoms with E-state index in [0.29, 0.717) is 5.92 Å². The molecule has 1 aromatic carbocycles. The van der Waals surface area contributed by atoms with E-state index >= 15 is 0 Å². The van der Waals surface area contributed by atoms with Crippen molar-refractivity contribution < 1.29 is 9.47 Å². The molecule has 2 aliphatic rings. The second-order valence-corrected chi connectivity index (χ2v) is 7.69. The quantitative estimate of drug-likeness (QED) is 0.540. The lowest BCUT2D eigenvalue weighted by Gasteiger charge is -2.35. The topological polar surface area (TPSA) is 61.4 Å². The highest BCUT2D eigenvalue weighted by Gasteiger charge is 2.23. The molecule has 156 valence electrons. The maximum absolute atomic E-state index is 5.55. The summed E-state index contributed by atoms with van der Waals surface area (Å²) in [5.74, 6) is 2.46. The van der Waals surface area contributed by atoms with Gasteiger partial charge in [-0.05, 0) is 43.6 Å². The van der Waals surface area contributed by atoms with Crippen LogP contribution in [0.5, 0.6) is 5.75 Å². The van der Waals surface area contributed by atoms with Crippen LogP contribution >= 0.6 is 0 Å². The van der Waals surface area contributed by atoms with E-state index in [4.69, 9.17) is 9.47 Å². The number of methoxy groups -OCH3 is 1. The minimum Gasteiger partial charge on any atom is -0.497 e. The number of ether oxygens (including phenoxy) is 2. The fourth-order valence-corrected chi connectivity index (χ4v) is 4.02. The SMILES string of the molecule is CN=C(NCC1CCN(C)C1)NCC(c1ccc(OC)cc1)N1CCOCC1. The number of hydrogen-bond acceptors (Lipinski definition) is 5. The lowest BCUT2D eigenvalue weighted by Crippen LogP contribution is -2.47. The van der Waals surface area contributed by atoms with Crippen molar-refractivity contribution in [3.05, 3.63) is 29.8 Å². The normalized spacial score (nSPS) is 22.8. The van der Waals surface area contributed by atoms with Crippen molar-refractivity contribution in [3.8, 4) is 5.75 Å². The van der Waals surface area contributed by atoms with Gasteiger partial charge in [-0.15, -0.1) is 0 Å². The minimum atomic E-state index is 0.269. The number of hydrogen-bond donors (Lipinski definition) is 2. The van der Waals surface area contributed by atoms with E-state index < -0.39 is 0 Å². The molecule has 0 amide bonds. The second kappa shape index (κ2) is 10.6. The van der Waals surface area contributed by atoms with E-state index in [1.807, 2.05) is 19.2 Å². The maximum Gasteiger partial charge on any atom is 0.191 e. The number of morpholine rings is 1. The number of guanidine groups is 1. The summed E-state index contributed by atoms with van der Waals surface area (Å²) in [5.41, 5.74) is 1.28. The van der Waals surface area contributed by atoms with Gasteiger partial charge in [0, 0.05) is 39.8 Å². The van der Waals surface area contributed by atoms with Gasteiger partial charge in [0.1, 0.15) is 5.75 Å². The molecule has 7 nitrogen and oxygen atoms in total. The molecule has 2 heterocycles. The Hall–Kier alpha value is -1.83. The molecule has 0 aromatic heterocycles. The Morgan fingerprint density at radius 3 is 2.57 bits per heavy atom. The van der Waals surface area contributed by atoms with E-state index in [0.717, 1.165) is 57.6 Å². The molecule has 0 aliphatic carbocycles. The van der Waals surface area contributed by atoms with Crippen LogP contribution in [-0.2, 0) is 4.74 Å². The van der Waals surface area contributed by atoms with Gasteiger partial charge in [-0.2, -0.15) is 0 Å². The van der Waals surface area contributed by atoms with Gasteiger partial charge in [-0.1, -0.05) is 12.1 Å². The predicted octanol–water partition coefficient (Wildman–Crippen LogP) is 1.19. The summed E-state index contributed by atoms with van der Waals surface area (Å²) in [6.07, 6.45) is 1.25. The van der Waals surface area contributed by atoms with Gasteiger partial charge < -0.3 is 25.0 Å². The molecule has 2 N–H and O–H groups in total. The molecule has 2 unspecified atom stereocenters. The minimum absolute atomic E-state index is 0.269. The van der Waals surface area contributed by atoms with Crippen molar-refractivity contribution in [2.45, 2.75) is 12.5 Å². The summed E-state index contributed by atoms with van der Waals surface area (Å²) in [6.45, 7) is 7.58. The van der Waals surface area contributed by atoms with Gasteiger partial charge in [0.15, 0.2) is 5.96 Å². The summed E-state index contributed by atoms with van der Waals surface area (Å²) in [4.78, 5) is 9.30. The van der Waals surface area contributed by atoms with Gasteiger partial charge >= 0.3 is 0 Å². The predicted molar refractivity (Wildman–Crippen MR) is 113 cm³/mol. The van der Waals surface area contributed by atoms with Crippen LogP contribution in [0, 0.1) is 5.92 Å². The lowest BCUT2D eigenvalue weighted by molar-refractivity contribution is 0.0170. The highest BCUT2D eigenvalue weighted by Crippen LogP contribution is 2.23. The summed E-state index contributed by atoms with van der Waals surface area (Å²) < 4.78 is 10.9. The third-order valence-electron chi connectivity index (χ3n) is 5.72. The molecule has 7 heteroatoms. The molecule has 2 aliphatic heterocycles. The number of benzene rings is 1. The maximum atomic E-state index is 5.55. The van der Waals surface area contributed by atoms with Crippen molar-refractivity contribution in [1.82, 2.24) is 20.4 Å². The zero-order valence-electron chi connectivity index (χ0n) is 17.5. The average molecular weight is 390 g/mol. The van der Waals surface area contributed by atoms with Crippen LogP contribution in [0.1, 0.15) is 18.0 Å². The average Bonchev–Trinajstić information content (AvgIpc) is 3.16. The van der Waals surface area contributed by atoms with Crippen molar-refractivity contribution in [3.63, 3.8) is 0 Å².